The number of aromatic nitrogens is 2. The summed E-state index contributed by atoms with van der Waals surface area (Å²) in [5.41, 5.74) is 7.57. The highest BCUT2D eigenvalue weighted by Crippen LogP contribution is 2.20. The van der Waals surface area contributed by atoms with Gasteiger partial charge in [0.1, 0.15) is 5.65 Å². The van der Waals surface area contributed by atoms with Crippen LogP contribution in [0.3, 0.4) is 0 Å². The lowest BCUT2D eigenvalue weighted by atomic mass is 10.2. The summed E-state index contributed by atoms with van der Waals surface area (Å²) >= 11 is 0. The van der Waals surface area contributed by atoms with Crippen LogP contribution in [0.15, 0.2) is 24.5 Å². The largest absolute Gasteiger partial charge is 0.331 e. The van der Waals surface area contributed by atoms with Crippen LogP contribution in [0.25, 0.3) is 11.0 Å². The molecule has 0 radical (unpaired) electrons. The van der Waals surface area contributed by atoms with Gasteiger partial charge in [-0.3, -0.25) is 0 Å². The van der Waals surface area contributed by atoms with Gasteiger partial charge in [-0.25, -0.2) is 13.4 Å². The van der Waals surface area contributed by atoms with Crippen LogP contribution in [0.1, 0.15) is 19.4 Å². The third-order valence-corrected chi connectivity index (χ3v) is 5.65. The van der Waals surface area contributed by atoms with Crippen LogP contribution in [0.4, 0.5) is 0 Å². The predicted molar refractivity (Wildman–Crippen MR) is 81.4 cm³/mol. The fraction of sp³-hybridized carbons (Fsp3) is 0.500. The van der Waals surface area contributed by atoms with Gasteiger partial charge in [-0.2, -0.15) is 0 Å². The van der Waals surface area contributed by atoms with Crippen molar-refractivity contribution in [2.24, 2.45) is 5.73 Å². The minimum atomic E-state index is -3.04. The molecular formula is C14H21N3O2S. The van der Waals surface area contributed by atoms with Crippen molar-refractivity contribution >= 4 is 20.9 Å². The number of hydrogen-bond donors (Lipinski definition) is 1. The van der Waals surface area contributed by atoms with Gasteiger partial charge in [0.05, 0.1) is 11.0 Å². The van der Waals surface area contributed by atoms with E-state index in [1.165, 1.54) is 0 Å². The predicted octanol–water partition coefficient (Wildman–Crippen LogP) is 1.36. The zero-order valence-corrected chi connectivity index (χ0v) is 12.7. The average molecular weight is 295 g/mol. The second-order valence-electron chi connectivity index (χ2n) is 5.18. The molecule has 6 heteroatoms. The maximum Gasteiger partial charge on any atom is 0.154 e. The molecule has 5 nitrogen and oxygen atoms in total. The lowest BCUT2D eigenvalue weighted by Crippen LogP contribution is -2.21. The van der Waals surface area contributed by atoms with Gasteiger partial charge in [0, 0.05) is 24.3 Å². The van der Waals surface area contributed by atoms with E-state index in [9.17, 15) is 8.42 Å². The molecule has 0 bridgehead atoms. The zero-order valence-electron chi connectivity index (χ0n) is 11.9. The fourth-order valence-corrected chi connectivity index (χ4v) is 3.10. The first-order valence-corrected chi connectivity index (χ1v) is 8.51. The molecule has 0 atom stereocenters. The highest BCUT2D eigenvalue weighted by atomic mass is 32.2. The molecule has 2 aromatic heterocycles. The molecule has 0 aliphatic carbocycles. The van der Waals surface area contributed by atoms with E-state index in [2.05, 4.69) is 4.98 Å². The van der Waals surface area contributed by atoms with Crippen molar-refractivity contribution in [1.82, 2.24) is 9.55 Å². The topological polar surface area (TPSA) is 78.0 Å². The van der Waals surface area contributed by atoms with Crippen molar-refractivity contribution in [3.63, 3.8) is 0 Å². The van der Waals surface area contributed by atoms with Crippen LogP contribution >= 0.6 is 0 Å². The Balaban J connectivity index is 2.31. The van der Waals surface area contributed by atoms with Crippen LogP contribution in [-0.4, -0.2) is 35.5 Å². The maximum atomic E-state index is 11.9. The van der Waals surface area contributed by atoms with Gasteiger partial charge in [0.25, 0.3) is 0 Å². The molecule has 0 aromatic carbocycles. The molecule has 0 saturated carbocycles. The average Bonchev–Trinajstić information content (AvgIpc) is 2.76. The Bertz CT molecular complexity index is 690. The monoisotopic (exact) mass is 295 g/mol. The molecule has 0 aliphatic heterocycles. The minimum Gasteiger partial charge on any atom is -0.331 e. The molecule has 0 unspecified atom stereocenters. The Labute approximate surface area is 119 Å². The normalized spacial score (nSPS) is 12.4. The van der Waals surface area contributed by atoms with Crippen LogP contribution in [0.2, 0.25) is 0 Å². The Kier molecular flexibility index (Phi) is 4.45. The number of nitrogens with zero attached hydrogens (tertiary/aromatic N) is 2. The third-order valence-electron chi connectivity index (χ3n) is 3.46. The van der Waals surface area contributed by atoms with Gasteiger partial charge in [-0.15, -0.1) is 0 Å². The molecule has 2 rings (SSSR count). The lowest BCUT2D eigenvalue weighted by molar-refractivity contribution is 0.581. The molecule has 0 fully saturated rings. The molecular weight excluding hydrogens is 274 g/mol. The molecule has 2 heterocycles. The highest BCUT2D eigenvalue weighted by Gasteiger charge is 2.17. The molecule has 20 heavy (non-hydrogen) atoms. The quantitative estimate of drug-likeness (QED) is 0.873. The van der Waals surface area contributed by atoms with Gasteiger partial charge in [0.15, 0.2) is 9.84 Å². The van der Waals surface area contributed by atoms with Crippen molar-refractivity contribution in [1.29, 1.82) is 0 Å². The van der Waals surface area contributed by atoms with E-state index in [0.29, 0.717) is 13.1 Å². The van der Waals surface area contributed by atoms with Gasteiger partial charge >= 0.3 is 0 Å². The summed E-state index contributed by atoms with van der Waals surface area (Å²) in [6.07, 6.45) is 4.47. The van der Waals surface area contributed by atoms with Gasteiger partial charge in [0.2, 0.25) is 0 Å². The van der Waals surface area contributed by atoms with E-state index < -0.39 is 9.84 Å². The van der Waals surface area contributed by atoms with Crippen molar-refractivity contribution in [2.75, 3.05) is 12.3 Å². The SMILES string of the molecule is CC(C)S(=O)(=O)CCn1cc(CCN)c2cccnc21. The van der Waals surface area contributed by atoms with E-state index >= 15 is 0 Å². The molecule has 2 N–H and O–H groups in total. The second kappa shape index (κ2) is 5.93. The molecule has 2 aromatic rings. The van der Waals surface area contributed by atoms with E-state index in [4.69, 9.17) is 5.73 Å². The van der Waals surface area contributed by atoms with E-state index in [1.54, 1.807) is 20.0 Å². The summed E-state index contributed by atoms with van der Waals surface area (Å²) in [7, 11) is -3.04. The lowest BCUT2D eigenvalue weighted by Gasteiger charge is -2.08. The van der Waals surface area contributed by atoms with Crippen LogP contribution in [0.5, 0.6) is 0 Å². The summed E-state index contributed by atoms with van der Waals surface area (Å²) in [6, 6.07) is 3.89. The number of pyridine rings is 1. The number of nitrogens with two attached hydrogens (primary N) is 1. The Morgan fingerprint density at radius 3 is 2.80 bits per heavy atom. The van der Waals surface area contributed by atoms with Crippen molar-refractivity contribution in [2.45, 2.75) is 32.1 Å². The van der Waals surface area contributed by atoms with E-state index in [1.807, 2.05) is 22.9 Å². The number of fused-ring (bicyclic) bond motifs is 1. The maximum absolute atomic E-state index is 11.9. The minimum absolute atomic E-state index is 0.132. The van der Waals surface area contributed by atoms with Gasteiger partial charge in [-0.1, -0.05) is 0 Å². The fourth-order valence-electron chi connectivity index (χ4n) is 2.18. The molecule has 0 spiro atoms. The summed E-state index contributed by atoms with van der Waals surface area (Å²) in [6.45, 7) is 4.42. The van der Waals surface area contributed by atoms with E-state index in [-0.39, 0.29) is 11.0 Å². The molecule has 0 saturated heterocycles. The number of hydrogen-bond acceptors (Lipinski definition) is 4. The van der Waals surface area contributed by atoms with Crippen LogP contribution < -0.4 is 5.73 Å². The zero-order chi connectivity index (χ0) is 14.8. The molecule has 0 amide bonds. The number of aryl methyl sites for hydroxylation is 1. The van der Waals surface area contributed by atoms with Crippen LogP contribution in [-0.2, 0) is 22.8 Å². The summed E-state index contributed by atoms with van der Waals surface area (Å²) in [4.78, 5) is 4.36. The second-order valence-corrected chi connectivity index (χ2v) is 7.85. The summed E-state index contributed by atoms with van der Waals surface area (Å²) in [5, 5.41) is 0.709. The van der Waals surface area contributed by atoms with Gasteiger partial charge < -0.3 is 10.3 Å². The van der Waals surface area contributed by atoms with Crippen molar-refractivity contribution < 1.29 is 8.42 Å². The Morgan fingerprint density at radius 1 is 1.40 bits per heavy atom. The molecule has 110 valence electrons. The third kappa shape index (κ3) is 3.02. The first-order chi connectivity index (χ1) is 9.45. The smallest absolute Gasteiger partial charge is 0.154 e. The Hall–Kier alpha value is -1.40. The summed E-state index contributed by atoms with van der Waals surface area (Å²) < 4.78 is 25.8. The highest BCUT2D eigenvalue weighted by molar-refractivity contribution is 7.91. The first kappa shape index (κ1) is 15.0. The number of sulfone groups is 1. The summed E-state index contributed by atoms with van der Waals surface area (Å²) in [5.74, 6) is 0.132. The molecule has 0 aliphatic rings. The van der Waals surface area contributed by atoms with Gasteiger partial charge in [-0.05, 0) is 44.5 Å². The number of rotatable bonds is 6. The first-order valence-electron chi connectivity index (χ1n) is 6.80. The van der Waals surface area contributed by atoms with E-state index in [0.717, 1.165) is 23.0 Å². The van der Waals surface area contributed by atoms with Crippen molar-refractivity contribution in [3.05, 3.63) is 30.1 Å². The standard InChI is InChI=1S/C14H21N3O2S/c1-11(2)20(18,19)9-8-17-10-12(5-6-15)13-4-3-7-16-14(13)17/h3-4,7,10-11H,5-6,8-9,15H2,1-2H3. The Morgan fingerprint density at radius 2 is 2.15 bits per heavy atom. The van der Waals surface area contributed by atoms with Crippen LogP contribution in [0, 0.1) is 0 Å². The van der Waals surface area contributed by atoms with Crippen molar-refractivity contribution in [3.8, 4) is 0 Å².